The number of benzene rings is 1. The highest BCUT2D eigenvalue weighted by Gasteiger charge is 2.41. The summed E-state index contributed by atoms with van der Waals surface area (Å²) in [5.74, 6) is -0.0681. The first kappa shape index (κ1) is 21.1. The second-order valence-corrected chi connectivity index (χ2v) is 8.57. The van der Waals surface area contributed by atoms with Crippen molar-refractivity contribution in [3.8, 4) is 0 Å². The Kier molecular flexibility index (Phi) is 5.78. The first-order chi connectivity index (χ1) is 14.9. The number of carbonyl (C=O) groups excluding carboxylic acids is 1. The second kappa shape index (κ2) is 8.51. The van der Waals surface area contributed by atoms with Crippen molar-refractivity contribution in [2.24, 2.45) is 13.0 Å². The number of nitrogens with one attached hydrogen (secondary N) is 2. The Morgan fingerprint density at radius 1 is 1.19 bits per heavy atom. The van der Waals surface area contributed by atoms with Gasteiger partial charge < -0.3 is 20.1 Å². The summed E-state index contributed by atoms with van der Waals surface area (Å²) in [6.07, 6.45) is 3.85. The Morgan fingerprint density at radius 2 is 2.00 bits per heavy atom. The fraction of sp³-hybridized carbons (Fsp3) is 0.292. The van der Waals surface area contributed by atoms with Crippen LogP contribution in [0.25, 0.3) is 0 Å². The van der Waals surface area contributed by atoms with Gasteiger partial charge in [0.15, 0.2) is 5.11 Å². The summed E-state index contributed by atoms with van der Waals surface area (Å²) in [5, 5.41) is 7.13. The molecule has 1 aliphatic rings. The SMILES string of the molecule is Cc1cc(N2C(=S)N[C@@H](c3ccccn3)[C@@H]2c2cccn2C)ccc1NC(=O)C(C)C. The van der Waals surface area contributed by atoms with E-state index in [1.54, 1.807) is 6.20 Å². The van der Waals surface area contributed by atoms with Gasteiger partial charge in [0.25, 0.3) is 0 Å². The summed E-state index contributed by atoms with van der Waals surface area (Å²) in [7, 11) is 2.04. The summed E-state index contributed by atoms with van der Waals surface area (Å²) in [6, 6.07) is 16.0. The lowest BCUT2D eigenvalue weighted by Gasteiger charge is -2.29. The molecule has 6 nitrogen and oxygen atoms in total. The minimum atomic E-state index is -0.0806. The molecule has 1 amide bonds. The van der Waals surface area contributed by atoms with Crippen LogP contribution < -0.4 is 15.5 Å². The highest BCUT2D eigenvalue weighted by atomic mass is 32.1. The lowest BCUT2D eigenvalue weighted by Crippen LogP contribution is -2.30. The fourth-order valence-electron chi connectivity index (χ4n) is 3.93. The molecule has 0 bridgehead atoms. The highest BCUT2D eigenvalue weighted by Crippen LogP contribution is 2.42. The molecule has 0 unspecified atom stereocenters. The Morgan fingerprint density at radius 3 is 2.61 bits per heavy atom. The van der Waals surface area contributed by atoms with E-state index in [9.17, 15) is 4.79 Å². The molecule has 1 aromatic carbocycles. The van der Waals surface area contributed by atoms with Crippen LogP contribution >= 0.6 is 12.2 Å². The topological polar surface area (TPSA) is 62.2 Å². The predicted molar refractivity (Wildman–Crippen MR) is 128 cm³/mol. The zero-order valence-electron chi connectivity index (χ0n) is 18.2. The monoisotopic (exact) mass is 433 g/mol. The third-order valence-corrected chi connectivity index (χ3v) is 5.97. The molecule has 0 aliphatic carbocycles. The molecule has 31 heavy (non-hydrogen) atoms. The van der Waals surface area contributed by atoms with E-state index in [1.165, 1.54) is 0 Å². The first-order valence-electron chi connectivity index (χ1n) is 10.4. The van der Waals surface area contributed by atoms with E-state index >= 15 is 0 Å². The Balaban J connectivity index is 1.74. The van der Waals surface area contributed by atoms with Crippen molar-refractivity contribution in [1.29, 1.82) is 0 Å². The number of thiocarbonyl (C=S) groups is 1. The van der Waals surface area contributed by atoms with Gasteiger partial charge in [-0.1, -0.05) is 19.9 Å². The van der Waals surface area contributed by atoms with E-state index in [2.05, 4.69) is 37.2 Å². The van der Waals surface area contributed by atoms with Gasteiger partial charge >= 0.3 is 0 Å². The highest BCUT2D eigenvalue weighted by molar-refractivity contribution is 7.80. The minimum Gasteiger partial charge on any atom is -0.353 e. The number of rotatable bonds is 5. The van der Waals surface area contributed by atoms with Crippen molar-refractivity contribution in [1.82, 2.24) is 14.9 Å². The maximum atomic E-state index is 12.1. The van der Waals surface area contributed by atoms with Crippen molar-refractivity contribution in [3.63, 3.8) is 0 Å². The van der Waals surface area contributed by atoms with E-state index in [1.807, 2.05) is 70.4 Å². The van der Waals surface area contributed by atoms with E-state index in [0.717, 1.165) is 28.3 Å². The van der Waals surface area contributed by atoms with Crippen molar-refractivity contribution in [2.45, 2.75) is 32.9 Å². The van der Waals surface area contributed by atoms with Crippen LogP contribution in [-0.4, -0.2) is 20.6 Å². The van der Waals surface area contributed by atoms with E-state index in [0.29, 0.717) is 5.11 Å². The molecule has 2 N–H and O–H groups in total. The summed E-state index contributed by atoms with van der Waals surface area (Å²) in [4.78, 5) is 18.9. The molecule has 7 heteroatoms. The Labute approximate surface area is 188 Å². The Hall–Kier alpha value is -3.19. The van der Waals surface area contributed by atoms with E-state index in [-0.39, 0.29) is 23.9 Å². The van der Waals surface area contributed by atoms with Gasteiger partial charge in [-0.2, -0.15) is 0 Å². The minimum absolute atomic E-state index is 0.00566. The zero-order chi connectivity index (χ0) is 22.1. The number of aromatic nitrogens is 2. The second-order valence-electron chi connectivity index (χ2n) is 8.18. The normalized spacial score (nSPS) is 18.4. The molecule has 2 aromatic heterocycles. The van der Waals surface area contributed by atoms with Crippen molar-refractivity contribution in [3.05, 3.63) is 77.9 Å². The van der Waals surface area contributed by atoms with Crippen molar-refractivity contribution >= 4 is 34.6 Å². The van der Waals surface area contributed by atoms with Crippen LogP contribution in [0.4, 0.5) is 11.4 Å². The quantitative estimate of drug-likeness (QED) is 0.580. The summed E-state index contributed by atoms with van der Waals surface area (Å²) in [5.41, 5.74) is 4.86. The van der Waals surface area contributed by atoms with Gasteiger partial charge in [-0.3, -0.25) is 9.78 Å². The molecule has 160 valence electrons. The zero-order valence-corrected chi connectivity index (χ0v) is 19.0. The van der Waals surface area contributed by atoms with Crippen molar-refractivity contribution in [2.75, 3.05) is 10.2 Å². The molecular formula is C24H27N5OS. The summed E-state index contributed by atoms with van der Waals surface area (Å²) in [6.45, 7) is 5.77. The van der Waals surface area contributed by atoms with Crippen molar-refractivity contribution < 1.29 is 4.79 Å². The van der Waals surface area contributed by atoms with E-state index in [4.69, 9.17) is 12.2 Å². The van der Waals surface area contributed by atoms with Gasteiger partial charge in [-0.15, -0.1) is 0 Å². The van der Waals surface area contributed by atoms with Crippen LogP contribution in [0.15, 0.2) is 60.9 Å². The van der Waals surface area contributed by atoms with Crippen LogP contribution in [0.3, 0.4) is 0 Å². The number of amides is 1. The average Bonchev–Trinajstić information content (AvgIpc) is 3.32. The van der Waals surface area contributed by atoms with Crippen LogP contribution in [0.1, 0.15) is 42.9 Å². The lowest BCUT2D eigenvalue weighted by atomic mass is 10.0. The average molecular weight is 434 g/mol. The number of pyridine rings is 1. The predicted octanol–water partition coefficient (Wildman–Crippen LogP) is 4.50. The number of hydrogen-bond acceptors (Lipinski definition) is 3. The molecule has 2 atom stereocenters. The molecule has 1 fully saturated rings. The molecule has 0 saturated carbocycles. The third kappa shape index (κ3) is 4.05. The van der Waals surface area contributed by atoms with Gasteiger partial charge in [0.2, 0.25) is 5.91 Å². The van der Waals surface area contributed by atoms with Crippen LogP contribution in [0.5, 0.6) is 0 Å². The van der Waals surface area contributed by atoms with Gasteiger partial charge in [-0.05, 0) is 67.2 Å². The largest absolute Gasteiger partial charge is 0.353 e. The lowest BCUT2D eigenvalue weighted by molar-refractivity contribution is -0.118. The number of carbonyl (C=O) groups is 1. The fourth-order valence-corrected chi connectivity index (χ4v) is 4.28. The molecule has 1 aliphatic heterocycles. The van der Waals surface area contributed by atoms with Gasteiger partial charge in [0.05, 0.1) is 11.7 Å². The van der Waals surface area contributed by atoms with E-state index < -0.39 is 0 Å². The smallest absolute Gasteiger partial charge is 0.226 e. The molecule has 3 heterocycles. The number of anilines is 2. The van der Waals surface area contributed by atoms with Gasteiger partial charge in [0.1, 0.15) is 6.04 Å². The maximum absolute atomic E-state index is 12.1. The number of nitrogens with zero attached hydrogens (tertiary/aromatic N) is 3. The number of hydrogen-bond donors (Lipinski definition) is 2. The van der Waals surface area contributed by atoms with Gasteiger partial charge in [-0.25, -0.2) is 0 Å². The number of aryl methyl sites for hydroxylation is 2. The summed E-state index contributed by atoms with van der Waals surface area (Å²) < 4.78 is 2.12. The molecule has 4 rings (SSSR count). The standard InChI is InChI=1S/C24H27N5OS/c1-15(2)23(30)26-18-11-10-17(14-16(18)3)29-22(20-9-7-13-28(20)4)21(27-24(29)31)19-8-5-6-12-25-19/h5-15,21-22H,1-4H3,(H,26,30)(H,27,31)/t21-,22-/m0/s1. The Bertz CT molecular complexity index is 1110. The van der Waals surface area contributed by atoms with Gasteiger partial charge in [0, 0.05) is 42.4 Å². The molecule has 1 saturated heterocycles. The third-order valence-electron chi connectivity index (χ3n) is 5.66. The molecule has 3 aromatic rings. The van der Waals surface area contributed by atoms with Crippen LogP contribution in [0, 0.1) is 12.8 Å². The molecule has 0 radical (unpaired) electrons. The molecule has 0 spiro atoms. The summed E-state index contributed by atoms with van der Waals surface area (Å²) >= 11 is 5.78. The molecular weight excluding hydrogens is 406 g/mol. The maximum Gasteiger partial charge on any atom is 0.226 e. The first-order valence-corrected chi connectivity index (χ1v) is 10.8. The van der Waals surface area contributed by atoms with Crippen LogP contribution in [-0.2, 0) is 11.8 Å². The van der Waals surface area contributed by atoms with Crippen LogP contribution in [0.2, 0.25) is 0 Å².